The van der Waals surface area contributed by atoms with Crippen LogP contribution in [0.15, 0.2) is 22.9 Å². The lowest BCUT2D eigenvalue weighted by Crippen LogP contribution is -2.17. The van der Waals surface area contributed by atoms with Crippen molar-refractivity contribution in [2.45, 2.75) is 19.6 Å². The van der Waals surface area contributed by atoms with Crippen molar-refractivity contribution in [3.63, 3.8) is 0 Å². The van der Waals surface area contributed by atoms with Crippen LogP contribution in [0.3, 0.4) is 0 Å². The predicted molar refractivity (Wildman–Crippen MR) is 68.7 cm³/mol. The number of amides is 1. The summed E-state index contributed by atoms with van der Waals surface area (Å²) in [5.74, 6) is -0.0877. The van der Waals surface area contributed by atoms with Crippen molar-refractivity contribution in [2.75, 3.05) is 11.9 Å². The van der Waals surface area contributed by atoms with Crippen molar-refractivity contribution in [1.82, 2.24) is 10.1 Å². The van der Waals surface area contributed by atoms with Crippen LogP contribution in [0.4, 0.5) is 14.5 Å². The smallest absolute Gasteiger partial charge is 0.388 e. The molecule has 2 aromatic heterocycles. The Labute approximate surface area is 123 Å². The average Bonchev–Trinajstić information content (AvgIpc) is 2.93. The first-order chi connectivity index (χ1) is 10.6. The Morgan fingerprint density at radius 2 is 2.27 bits per heavy atom. The molecule has 0 atom stereocenters. The zero-order valence-corrected chi connectivity index (χ0v) is 11.2. The Balaban J connectivity index is 1.70. The van der Waals surface area contributed by atoms with Gasteiger partial charge in [0.05, 0.1) is 30.7 Å². The van der Waals surface area contributed by atoms with Crippen LogP contribution in [0.1, 0.15) is 21.8 Å². The van der Waals surface area contributed by atoms with Crippen molar-refractivity contribution in [3.8, 4) is 5.88 Å². The minimum absolute atomic E-state index is 0.141. The van der Waals surface area contributed by atoms with Crippen molar-refractivity contribution in [1.29, 1.82) is 0 Å². The second-order valence-electron chi connectivity index (χ2n) is 4.45. The van der Waals surface area contributed by atoms with Gasteiger partial charge in [-0.05, 0) is 6.07 Å². The first-order valence-corrected chi connectivity index (χ1v) is 6.41. The highest BCUT2D eigenvalue weighted by molar-refractivity contribution is 6.03. The molecule has 0 aromatic carbocycles. The molecule has 1 N–H and O–H groups in total. The van der Waals surface area contributed by atoms with Gasteiger partial charge in [0.25, 0.3) is 5.91 Å². The minimum atomic E-state index is -2.95. The second kappa shape index (κ2) is 6.06. The third kappa shape index (κ3) is 3.03. The van der Waals surface area contributed by atoms with Gasteiger partial charge in [-0.25, -0.2) is 4.98 Å². The Morgan fingerprint density at radius 1 is 1.41 bits per heavy atom. The molecule has 1 amide bonds. The standard InChI is InChI=1S/C13H11F2N3O4/c14-13(15)21-10-2-1-7(5-16-10)17-12(19)11-8-6-20-4-3-9(8)22-18-11/h1-2,5,13H,3-4,6H2,(H,17,19). The number of hydrogen-bond donors (Lipinski definition) is 1. The number of aromatic nitrogens is 2. The zero-order chi connectivity index (χ0) is 15.5. The predicted octanol–water partition coefficient (Wildman–Crippen LogP) is 2.00. The second-order valence-corrected chi connectivity index (χ2v) is 4.45. The quantitative estimate of drug-likeness (QED) is 0.929. The summed E-state index contributed by atoms with van der Waals surface area (Å²) in [4.78, 5) is 15.8. The van der Waals surface area contributed by atoms with E-state index in [2.05, 4.69) is 20.2 Å². The van der Waals surface area contributed by atoms with Gasteiger partial charge in [-0.3, -0.25) is 4.79 Å². The SMILES string of the molecule is O=C(Nc1ccc(OC(F)F)nc1)c1noc2c1COCC2. The molecular formula is C13H11F2N3O4. The molecule has 3 heterocycles. The maximum atomic E-state index is 12.1. The molecule has 2 aromatic rings. The zero-order valence-electron chi connectivity index (χ0n) is 11.2. The monoisotopic (exact) mass is 311 g/mol. The van der Waals surface area contributed by atoms with E-state index in [9.17, 15) is 13.6 Å². The fourth-order valence-electron chi connectivity index (χ4n) is 2.01. The van der Waals surface area contributed by atoms with Crippen LogP contribution in [0, 0.1) is 0 Å². The van der Waals surface area contributed by atoms with Gasteiger partial charge in [0.1, 0.15) is 5.76 Å². The molecule has 0 fully saturated rings. The third-order valence-electron chi connectivity index (χ3n) is 3.01. The molecule has 0 spiro atoms. The molecular weight excluding hydrogens is 300 g/mol. The number of nitrogens with zero attached hydrogens (tertiary/aromatic N) is 2. The van der Waals surface area contributed by atoms with Gasteiger partial charge >= 0.3 is 6.61 Å². The Morgan fingerprint density at radius 3 is 3.00 bits per heavy atom. The van der Waals surface area contributed by atoms with E-state index in [0.29, 0.717) is 30.0 Å². The number of alkyl halides is 2. The summed E-state index contributed by atoms with van der Waals surface area (Å²) >= 11 is 0. The van der Waals surface area contributed by atoms with E-state index in [4.69, 9.17) is 9.26 Å². The Kier molecular flexibility index (Phi) is 3.96. The fourth-order valence-corrected chi connectivity index (χ4v) is 2.01. The first kappa shape index (κ1) is 14.4. The first-order valence-electron chi connectivity index (χ1n) is 6.41. The normalized spacial score (nSPS) is 13.8. The lowest BCUT2D eigenvalue weighted by atomic mass is 10.1. The Bertz CT molecular complexity index is 672. The number of hydrogen-bond acceptors (Lipinski definition) is 6. The van der Waals surface area contributed by atoms with Crippen molar-refractivity contribution in [3.05, 3.63) is 35.3 Å². The van der Waals surface area contributed by atoms with Crippen LogP contribution >= 0.6 is 0 Å². The van der Waals surface area contributed by atoms with Gasteiger partial charge in [0, 0.05) is 12.5 Å². The number of pyridine rings is 1. The van der Waals surface area contributed by atoms with Gasteiger partial charge in [0.2, 0.25) is 5.88 Å². The van der Waals surface area contributed by atoms with Crippen LogP contribution in [0.2, 0.25) is 0 Å². The highest BCUT2D eigenvalue weighted by Crippen LogP contribution is 2.21. The third-order valence-corrected chi connectivity index (χ3v) is 3.01. The van der Waals surface area contributed by atoms with Crippen molar-refractivity contribution >= 4 is 11.6 Å². The lowest BCUT2D eigenvalue weighted by Gasteiger charge is -2.10. The van der Waals surface area contributed by atoms with Gasteiger partial charge < -0.3 is 19.3 Å². The van der Waals surface area contributed by atoms with E-state index in [1.807, 2.05) is 0 Å². The van der Waals surface area contributed by atoms with Crippen molar-refractivity contribution < 1.29 is 27.6 Å². The highest BCUT2D eigenvalue weighted by Gasteiger charge is 2.24. The molecule has 1 aliphatic heterocycles. The van der Waals surface area contributed by atoms with E-state index in [1.165, 1.54) is 18.3 Å². The summed E-state index contributed by atoms with van der Waals surface area (Å²) in [7, 11) is 0. The molecule has 116 valence electrons. The summed E-state index contributed by atoms with van der Waals surface area (Å²) < 4.78 is 38.5. The number of carbonyl (C=O) groups excluding carboxylic acids is 1. The number of carbonyl (C=O) groups is 1. The average molecular weight is 311 g/mol. The molecule has 22 heavy (non-hydrogen) atoms. The molecule has 9 heteroatoms. The summed E-state index contributed by atoms with van der Waals surface area (Å²) in [5.41, 5.74) is 1.08. The molecule has 3 rings (SSSR count). The fraction of sp³-hybridized carbons (Fsp3) is 0.308. The molecule has 0 saturated heterocycles. The number of ether oxygens (including phenoxy) is 2. The van der Waals surface area contributed by atoms with Crippen LogP contribution in [0.25, 0.3) is 0 Å². The summed E-state index contributed by atoms with van der Waals surface area (Å²) in [6.07, 6.45) is 1.77. The van der Waals surface area contributed by atoms with Crippen LogP contribution < -0.4 is 10.1 Å². The van der Waals surface area contributed by atoms with E-state index in [0.717, 1.165) is 0 Å². The topological polar surface area (TPSA) is 86.5 Å². The molecule has 7 nitrogen and oxygen atoms in total. The van der Waals surface area contributed by atoms with E-state index >= 15 is 0 Å². The number of fused-ring (bicyclic) bond motifs is 1. The lowest BCUT2D eigenvalue weighted by molar-refractivity contribution is -0.0528. The van der Waals surface area contributed by atoms with Gasteiger partial charge in [-0.2, -0.15) is 8.78 Å². The van der Waals surface area contributed by atoms with E-state index in [-0.39, 0.29) is 18.2 Å². The summed E-state index contributed by atoms with van der Waals surface area (Å²) in [6, 6.07) is 2.62. The largest absolute Gasteiger partial charge is 0.417 e. The molecule has 0 unspecified atom stereocenters. The summed E-state index contributed by atoms with van der Waals surface area (Å²) in [5, 5.41) is 6.29. The maximum Gasteiger partial charge on any atom is 0.388 e. The number of nitrogens with one attached hydrogen (secondary N) is 1. The molecule has 1 aliphatic rings. The molecule has 0 aliphatic carbocycles. The number of halogens is 2. The van der Waals surface area contributed by atoms with Gasteiger partial charge in [-0.1, -0.05) is 5.16 Å². The van der Waals surface area contributed by atoms with Crippen LogP contribution in [0.5, 0.6) is 5.88 Å². The minimum Gasteiger partial charge on any atom is -0.417 e. The van der Waals surface area contributed by atoms with Crippen LogP contribution in [-0.2, 0) is 17.8 Å². The number of rotatable bonds is 4. The highest BCUT2D eigenvalue weighted by atomic mass is 19.3. The van der Waals surface area contributed by atoms with Crippen LogP contribution in [-0.4, -0.2) is 29.3 Å². The van der Waals surface area contributed by atoms with Gasteiger partial charge in [-0.15, -0.1) is 0 Å². The van der Waals surface area contributed by atoms with E-state index < -0.39 is 12.5 Å². The van der Waals surface area contributed by atoms with Gasteiger partial charge in [0.15, 0.2) is 5.69 Å². The molecule has 0 bridgehead atoms. The maximum absolute atomic E-state index is 12.1. The number of anilines is 1. The van der Waals surface area contributed by atoms with Crippen molar-refractivity contribution in [2.24, 2.45) is 0 Å². The Hall–Kier alpha value is -2.55. The summed E-state index contributed by atoms with van der Waals surface area (Å²) in [6.45, 7) is -2.16. The van der Waals surface area contributed by atoms with E-state index in [1.54, 1.807) is 0 Å². The molecule has 0 saturated carbocycles. The molecule has 0 radical (unpaired) electrons.